The van der Waals surface area contributed by atoms with Crippen molar-refractivity contribution in [1.82, 2.24) is 4.90 Å². The van der Waals surface area contributed by atoms with Crippen molar-refractivity contribution in [2.45, 2.75) is 4.90 Å². The minimum absolute atomic E-state index is 0.0923. The number of rotatable bonds is 1. The second kappa shape index (κ2) is 6.34. The van der Waals surface area contributed by atoms with Crippen LogP contribution in [0.15, 0.2) is 34.1 Å². The molecular formula is C14H13ClN2O2S2. The van der Waals surface area contributed by atoms with Gasteiger partial charge in [0.15, 0.2) is 0 Å². The summed E-state index contributed by atoms with van der Waals surface area (Å²) in [5, 5.41) is 3.34. The Morgan fingerprint density at radius 1 is 1.33 bits per heavy atom. The number of hydrogen-bond acceptors (Lipinski definition) is 4. The van der Waals surface area contributed by atoms with E-state index in [1.165, 1.54) is 17.8 Å². The average Bonchev–Trinajstić information content (AvgIpc) is 2.49. The van der Waals surface area contributed by atoms with Crippen molar-refractivity contribution in [2.24, 2.45) is 0 Å². The molecule has 0 radical (unpaired) electrons. The van der Waals surface area contributed by atoms with Gasteiger partial charge in [-0.1, -0.05) is 23.4 Å². The maximum atomic E-state index is 12.2. The Morgan fingerprint density at radius 3 is 2.86 bits per heavy atom. The summed E-state index contributed by atoms with van der Waals surface area (Å²) < 4.78 is 0. The second-order valence-corrected chi connectivity index (χ2v) is 7.39. The number of thioether (sulfide) groups is 2. The fraction of sp³-hybridized carbons (Fsp3) is 0.286. The molecule has 0 spiro atoms. The number of amides is 2. The number of halogens is 1. The van der Waals surface area contributed by atoms with Crippen LogP contribution < -0.4 is 5.32 Å². The fourth-order valence-corrected chi connectivity index (χ4v) is 4.09. The minimum Gasteiger partial charge on any atom is -0.337 e. The van der Waals surface area contributed by atoms with E-state index in [2.05, 4.69) is 5.32 Å². The molecule has 1 aromatic rings. The largest absolute Gasteiger partial charge is 0.337 e. The molecule has 4 nitrogen and oxygen atoms in total. The van der Waals surface area contributed by atoms with Crippen LogP contribution in [0.2, 0.25) is 5.02 Å². The normalized spacial score (nSPS) is 20.1. The molecule has 0 aromatic heterocycles. The number of carbonyl (C=O) groups excluding carboxylic acids is 2. The van der Waals surface area contributed by atoms with Gasteiger partial charge in [0.25, 0.3) is 5.91 Å². The van der Waals surface area contributed by atoms with E-state index in [9.17, 15) is 9.59 Å². The summed E-state index contributed by atoms with van der Waals surface area (Å²) in [4.78, 5) is 27.4. The van der Waals surface area contributed by atoms with Crippen LogP contribution in [0.4, 0.5) is 5.69 Å². The van der Waals surface area contributed by atoms with E-state index in [0.717, 1.165) is 29.5 Å². The number of nitrogens with zero attached hydrogens (tertiary/aromatic N) is 1. The minimum atomic E-state index is -0.255. The highest BCUT2D eigenvalue weighted by molar-refractivity contribution is 8.04. The lowest BCUT2D eigenvalue weighted by Crippen LogP contribution is -2.37. The first kappa shape index (κ1) is 14.8. The van der Waals surface area contributed by atoms with Crippen molar-refractivity contribution in [3.05, 3.63) is 34.2 Å². The third-order valence-electron chi connectivity index (χ3n) is 3.21. The van der Waals surface area contributed by atoms with Gasteiger partial charge in [0, 0.05) is 40.6 Å². The molecule has 1 fully saturated rings. The molecule has 2 amide bonds. The number of fused-ring (bicyclic) bond motifs is 1. The molecule has 0 bridgehead atoms. The summed E-state index contributed by atoms with van der Waals surface area (Å²) in [6.07, 6.45) is 1.44. The number of benzene rings is 1. The van der Waals surface area contributed by atoms with Gasteiger partial charge in [0.1, 0.15) is 0 Å². The maximum Gasteiger partial charge on any atom is 0.262 e. The first-order chi connectivity index (χ1) is 10.1. The van der Waals surface area contributed by atoms with Crippen LogP contribution in [0, 0.1) is 0 Å². The van der Waals surface area contributed by atoms with E-state index < -0.39 is 0 Å². The fourth-order valence-electron chi connectivity index (χ4n) is 2.12. The number of carbonyl (C=O) groups is 2. The SMILES string of the molecule is O=C1Nc2cc(Cl)ccc2S/C1=C/C(=O)N1CCSCC1. The van der Waals surface area contributed by atoms with Crippen LogP contribution in [0.3, 0.4) is 0 Å². The van der Waals surface area contributed by atoms with E-state index in [-0.39, 0.29) is 11.8 Å². The maximum absolute atomic E-state index is 12.2. The van der Waals surface area contributed by atoms with Gasteiger partial charge in [-0.15, -0.1) is 0 Å². The quantitative estimate of drug-likeness (QED) is 0.799. The number of hydrogen-bond donors (Lipinski definition) is 1. The highest BCUT2D eigenvalue weighted by atomic mass is 35.5. The van der Waals surface area contributed by atoms with Crippen molar-refractivity contribution in [3.63, 3.8) is 0 Å². The lowest BCUT2D eigenvalue weighted by molar-refractivity contribution is -0.126. The number of nitrogens with one attached hydrogen (secondary N) is 1. The van der Waals surface area contributed by atoms with Gasteiger partial charge < -0.3 is 10.2 Å². The van der Waals surface area contributed by atoms with Gasteiger partial charge >= 0.3 is 0 Å². The zero-order valence-corrected chi connectivity index (χ0v) is 13.5. The molecule has 0 saturated carbocycles. The van der Waals surface area contributed by atoms with Crippen LogP contribution in [-0.4, -0.2) is 41.3 Å². The van der Waals surface area contributed by atoms with Gasteiger partial charge in [-0.05, 0) is 18.2 Å². The van der Waals surface area contributed by atoms with Gasteiger partial charge in [-0.25, -0.2) is 0 Å². The predicted octanol–water partition coefficient (Wildman–Crippen LogP) is 2.84. The Balaban J connectivity index is 1.79. The third kappa shape index (κ3) is 3.39. The molecule has 0 aliphatic carbocycles. The lowest BCUT2D eigenvalue weighted by atomic mass is 10.3. The van der Waals surface area contributed by atoms with Crippen molar-refractivity contribution >= 4 is 52.6 Å². The van der Waals surface area contributed by atoms with Gasteiger partial charge in [-0.2, -0.15) is 11.8 Å². The van der Waals surface area contributed by atoms with Crippen LogP contribution in [0.5, 0.6) is 0 Å². The summed E-state index contributed by atoms with van der Waals surface area (Å²) in [7, 11) is 0. The predicted molar refractivity (Wildman–Crippen MR) is 87.9 cm³/mol. The smallest absolute Gasteiger partial charge is 0.262 e. The van der Waals surface area contributed by atoms with Crippen molar-refractivity contribution in [3.8, 4) is 0 Å². The zero-order valence-electron chi connectivity index (χ0n) is 11.1. The van der Waals surface area contributed by atoms with Crippen LogP contribution in [-0.2, 0) is 9.59 Å². The first-order valence-electron chi connectivity index (χ1n) is 6.50. The Hall–Kier alpha value is -1.11. The first-order valence-corrected chi connectivity index (χ1v) is 8.85. The Labute approximate surface area is 136 Å². The van der Waals surface area contributed by atoms with E-state index in [0.29, 0.717) is 15.6 Å². The molecule has 110 valence electrons. The monoisotopic (exact) mass is 340 g/mol. The molecule has 2 aliphatic heterocycles. The molecule has 2 heterocycles. The van der Waals surface area contributed by atoms with E-state index in [4.69, 9.17) is 11.6 Å². The number of anilines is 1. The molecule has 3 rings (SSSR count). The van der Waals surface area contributed by atoms with E-state index >= 15 is 0 Å². The zero-order chi connectivity index (χ0) is 14.8. The summed E-state index contributed by atoms with van der Waals surface area (Å²) in [5.41, 5.74) is 0.691. The highest BCUT2D eigenvalue weighted by Crippen LogP contribution is 2.39. The van der Waals surface area contributed by atoms with Crippen LogP contribution in [0.25, 0.3) is 0 Å². The summed E-state index contributed by atoms with van der Waals surface area (Å²) in [5.74, 6) is 1.56. The van der Waals surface area contributed by atoms with Crippen LogP contribution in [0.1, 0.15) is 0 Å². The average molecular weight is 341 g/mol. The Morgan fingerprint density at radius 2 is 2.10 bits per heavy atom. The second-order valence-electron chi connectivity index (χ2n) is 4.64. The topological polar surface area (TPSA) is 49.4 Å². The summed E-state index contributed by atoms with van der Waals surface area (Å²) in [6.45, 7) is 1.48. The standard InChI is InChI=1S/C14H13ClN2O2S2/c15-9-1-2-11-10(7-9)16-14(19)12(21-11)8-13(18)17-3-5-20-6-4-17/h1-2,7-8H,3-6H2,(H,16,19)/b12-8+. The van der Waals surface area contributed by atoms with Crippen molar-refractivity contribution < 1.29 is 9.59 Å². The highest BCUT2D eigenvalue weighted by Gasteiger charge is 2.24. The molecule has 0 atom stereocenters. The molecule has 1 N–H and O–H groups in total. The molecular weight excluding hydrogens is 328 g/mol. The van der Waals surface area contributed by atoms with Crippen molar-refractivity contribution in [2.75, 3.05) is 29.9 Å². The van der Waals surface area contributed by atoms with Crippen LogP contribution >= 0.6 is 35.1 Å². The Bertz CT molecular complexity index is 627. The molecule has 0 unspecified atom stereocenters. The van der Waals surface area contributed by atoms with Gasteiger partial charge in [0.05, 0.1) is 10.6 Å². The molecule has 2 aliphatic rings. The molecule has 7 heteroatoms. The molecule has 1 aromatic carbocycles. The van der Waals surface area contributed by atoms with Gasteiger partial charge in [-0.3, -0.25) is 9.59 Å². The van der Waals surface area contributed by atoms with Gasteiger partial charge in [0.2, 0.25) is 5.91 Å². The van der Waals surface area contributed by atoms with Crippen molar-refractivity contribution in [1.29, 1.82) is 0 Å². The van der Waals surface area contributed by atoms with E-state index in [1.807, 2.05) is 17.8 Å². The molecule has 21 heavy (non-hydrogen) atoms. The molecule has 1 saturated heterocycles. The lowest BCUT2D eigenvalue weighted by Gasteiger charge is -2.26. The summed E-state index contributed by atoms with van der Waals surface area (Å²) >= 11 is 9.06. The summed E-state index contributed by atoms with van der Waals surface area (Å²) in [6, 6.07) is 5.33. The third-order valence-corrected chi connectivity index (χ3v) is 5.49. The van der Waals surface area contributed by atoms with E-state index in [1.54, 1.807) is 17.0 Å². The Kier molecular flexibility index (Phi) is 4.47.